The summed E-state index contributed by atoms with van der Waals surface area (Å²) in [5.74, 6) is 0.850. The lowest BCUT2D eigenvalue weighted by molar-refractivity contribution is 0.628. The van der Waals surface area contributed by atoms with Gasteiger partial charge < -0.3 is 5.32 Å². The number of hydrogen-bond donors (Lipinski definition) is 2. The van der Waals surface area contributed by atoms with E-state index in [4.69, 9.17) is 11.6 Å². The number of nitrogens with one attached hydrogen (secondary N) is 2. The molecule has 0 aliphatic rings. The summed E-state index contributed by atoms with van der Waals surface area (Å²) in [6.07, 6.45) is 1.64. The first-order valence-electron chi connectivity index (χ1n) is 5.91. The van der Waals surface area contributed by atoms with E-state index in [0.29, 0.717) is 16.7 Å². The highest BCUT2D eigenvalue weighted by molar-refractivity contribution is 6.33. The number of hydrogen-bond acceptors (Lipinski definition) is 3. The highest BCUT2D eigenvalue weighted by Crippen LogP contribution is 2.24. The topological polar surface area (TPSA) is 53.6 Å². The van der Waals surface area contributed by atoms with E-state index in [1.54, 1.807) is 36.5 Å². The van der Waals surface area contributed by atoms with E-state index in [0.717, 1.165) is 11.3 Å². The minimum atomic E-state index is -0.271. The lowest BCUT2D eigenvalue weighted by atomic mass is 10.1. The van der Waals surface area contributed by atoms with E-state index < -0.39 is 0 Å². The Hall–Kier alpha value is -2.40. The molecular weight excluding hydrogens is 279 g/mol. The van der Waals surface area contributed by atoms with E-state index in [-0.39, 0.29) is 5.82 Å². The molecule has 0 spiro atoms. The zero-order valence-electron chi connectivity index (χ0n) is 10.3. The molecule has 0 atom stereocenters. The third kappa shape index (κ3) is 2.62. The van der Waals surface area contributed by atoms with Crippen molar-refractivity contribution in [3.05, 3.63) is 59.5 Å². The van der Waals surface area contributed by atoms with Gasteiger partial charge in [0.05, 0.1) is 10.7 Å². The fourth-order valence-corrected chi connectivity index (χ4v) is 1.93. The molecule has 1 aromatic carbocycles. The van der Waals surface area contributed by atoms with Gasteiger partial charge in [0.15, 0.2) is 5.82 Å². The Bertz CT molecular complexity index is 724. The Morgan fingerprint density at radius 2 is 1.95 bits per heavy atom. The van der Waals surface area contributed by atoms with Crippen LogP contribution < -0.4 is 5.32 Å². The molecule has 3 rings (SSSR count). The van der Waals surface area contributed by atoms with Crippen LogP contribution in [0.3, 0.4) is 0 Å². The molecule has 100 valence electrons. The van der Waals surface area contributed by atoms with Gasteiger partial charge in [0.1, 0.15) is 11.6 Å². The average molecular weight is 289 g/mol. The van der Waals surface area contributed by atoms with Crippen LogP contribution in [0.25, 0.3) is 11.3 Å². The van der Waals surface area contributed by atoms with Crippen LogP contribution >= 0.6 is 11.6 Å². The van der Waals surface area contributed by atoms with E-state index in [1.165, 1.54) is 12.1 Å². The number of benzene rings is 1. The van der Waals surface area contributed by atoms with Crippen molar-refractivity contribution in [1.29, 1.82) is 0 Å². The molecule has 2 N–H and O–H groups in total. The Balaban J connectivity index is 1.84. The molecule has 3 aromatic rings. The standard InChI is InChI=1S/C14H10ClFN4/c15-11-2-1-7-17-14(11)18-13-8-12(19-20-13)9-3-5-10(16)6-4-9/h1-8H,(H2,17,18,19,20). The van der Waals surface area contributed by atoms with Crippen molar-refractivity contribution in [2.24, 2.45) is 0 Å². The van der Waals surface area contributed by atoms with Crippen molar-refractivity contribution in [1.82, 2.24) is 15.2 Å². The molecule has 6 heteroatoms. The first kappa shape index (κ1) is 12.6. The second kappa shape index (κ2) is 5.30. The summed E-state index contributed by atoms with van der Waals surface area (Å²) < 4.78 is 12.9. The second-order valence-electron chi connectivity index (χ2n) is 4.13. The van der Waals surface area contributed by atoms with Crippen molar-refractivity contribution in [2.75, 3.05) is 5.32 Å². The molecule has 0 amide bonds. The van der Waals surface area contributed by atoms with Gasteiger partial charge in [-0.25, -0.2) is 9.37 Å². The van der Waals surface area contributed by atoms with Gasteiger partial charge in [0, 0.05) is 12.3 Å². The van der Waals surface area contributed by atoms with Crippen molar-refractivity contribution < 1.29 is 4.39 Å². The van der Waals surface area contributed by atoms with Crippen molar-refractivity contribution >= 4 is 23.2 Å². The third-order valence-corrected chi connectivity index (χ3v) is 3.04. The normalized spacial score (nSPS) is 10.5. The van der Waals surface area contributed by atoms with Gasteiger partial charge >= 0.3 is 0 Å². The summed E-state index contributed by atoms with van der Waals surface area (Å²) in [4.78, 5) is 4.12. The second-order valence-corrected chi connectivity index (χ2v) is 4.54. The number of rotatable bonds is 3. The summed E-state index contributed by atoms with van der Waals surface area (Å²) in [5, 5.41) is 10.5. The average Bonchev–Trinajstić information content (AvgIpc) is 2.91. The molecule has 0 unspecified atom stereocenters. The summed E-state index contributed by atoms with van der Waals surface area (Å²) in [6, 6.07) is 11.5. The van der Waals surface area contributed by atoms with Crippen LogP contribution in [0.4, 0.5) is 16.0 Å². The quantitative estimate of drug-likeness (QED) is 0.766. The lowest BCUT2D eigenvalue weighted by Gasteiger charge is -2.02. The fourth-order valence-electron chi connectivity index (χ4n) is 1.76. The molecular formula is C14H10ClFN4. The fraction of sp³-hybridized carbons (Fsp3) is 0. The summed E-state index contributed by atoms with van der Waals surface area (Å²) >= 11 is 6.01. The Labute approximate surface area is 119 Å². The summed E-state index contributed by atoms with van der Waals surface area (Å²) in [7, 11) is 0. The summed E-state index contributed by atoms with van der Waals surface area (Å²) in [6.45, 7) is 0. The van der Waals surface area contributed by atoms with Gasteiger partial charge in [0.2, 0.25) is 0 Å². The van der Waals surface area contributed by atoms with E-state index in [2.05, 4.69) is 20.5 Å². The van der Waals surface area contributed by atoms with Crippen LogP contribution in [-0.4, -0.2) is 15.2 Å². The van der Waals surface area contributed by atoms with Gasteiger partial charge in [-0.3, -0.25) is 5.10 Å². The summed E-state index contributed by atoms with van der Waals surface area (Å²) in [5.41, 5.74) is 1.62. The maximum Gasteiger partial charge on any atom is 0.153 e. The molecule has 0 saturated heterocycles. The van der Waals surface area contributed by atoms with Crippen LogP contribution in [0, 0.1) is 5.82 Å². The van der Waals surface area contributed by atoms with Crippen LogP contribution in [-0.2, 0) is 0 Å². The van der Waals surface area contributed by atoms with Crippen LogP contribution in [0.2, 0.25) is 5.02 Å². The molecule has 0 saturated carbocycles. The first-order valence-corrected chi connectivity index (χ1v) is 6.29. The third-order valence-electron chi connectivity index (χ3n) is 2.74. The minimum absolute atomic E-state index is 0.271. The van der Waals surface area contributed by atoms with Crippen molar-refractivity contribution in [3.8, 4) is 11.3 Å². The Morgan fingerprint density at radius 1 is 1.15 bits per heavy atom. The van der Waals surface area contributed by atoms with E-state index in [1.807, 2.05) is 0 Å². The molecule has 0 radical (unpaired) electrons. The van der Waals surface area contributed by atoms with Crippen molar-refractivity contribution in [2.45, 2.75) is 0 Å². The van der Waals surface area contributed by atoms with Gasteiger partial charge in [-0.1, -0.05) is 11.6 Å². The lowest BCUT2D eigenvalue weighted by Crippen LogP contribution is -1.93. The van der Waals surface area contributed by atoms with Gasteiger partial charge in [-0.2, -0.15) is 5.10 Å². The zero-order chi connectivity index (χ0) is 13.9. The number of nitrogens with zero attached hydrogens (tertiary/aromatic N) is 2. The largest absolute Gasteiger partial charge is 0.322 e. The molecule has 4 nitrogen and oxygen atoms in total. The van der Waals surface area contributed by atoms with Gasteiger partial charge in [0.25, 0.3) is 0 Å². The molecule has 2 heterocycles. The Kier molecular flexibility index (Phi) is 3.35. The predicted octanol–water partition coefficient (Wildman–Crippen LogP) is 4.01. The highest BCUT2D eigenvalue weighted by Gasteiger charge is 2.06. The highest BCUT2D eigenvalue weighted by atomic mass is 35.5. The van der Waals surface area contributed by atoms with E-state index in [9.17, 15) is 4.39 Å². The molecule has 0 fully saturated rings. The zero-order valence-corrected chi connectivity index (χ0v) is 11.0. The minimum Gasteiger partial charge on any atom is -0.322 e. The van der Waals surface area contributed by atoms with Crippen molar-refractivity contribution in [3.63, 3.8) is 0 Å². The van der Waals surface area contributed by atoms with Gasteiger partial charge in [-0.05, 0) is 42.0 Å². The van der Waals surface area contributed by atoms with Gasteiger partial charge in [-0.15, -0.1) is 0 Å². The molecule has 20 heavy (non-hydrogen) atoms. The maximum atomic E-state index is 12.9. The maximum absolute atomic E-state index is 12.9. The predicted molar refractivity (Wildman–Crippen MR) is 76.5 cm³/mol. The molecule has 0 aliphatic heterocycles. The number of aromatic nitrogens is 3. The molecule has 0 aliphatic carbocycles. The van der Waals surface area contributed by atoms with Crippen LogP contribution in [0.5, 0.6) is 0 Å². The van der Waals surface area contributed by atoms with E-state index >= 15 is 0 Å². The smallest absolute Gasteiger partial charge is 0.153 e. The molecule has 2 aromatic heterocycles. The van der Waals surface area contributed by atoms with Crippen LogP contribution in [0.15, 0.2) is 48.7 Å². The molecule has 0 bridgehead atoms. The Morgan fingerprint density at radius 3 is 2.70 bits per heavy atom. The number of aromatic amines is 1. The van der Waals surface area contributed by atoms with Crippen LogP contribution in [0.1, 0.15) is 0 Å². The number of H-pyrrole nitrogens is 1. The number of halogens is 2. The first-order chi connectivity index (χ1) is 9.72. The number of anilines is 2. The monoisotopic (exact) mass is 288 g/mol. The number of pyridine rings is 1. The SMILES string of the molecule is Fc1ccc(-c2cc(Nc3ncccc3Cl)n[nH]2)cc1.